The van der Waals surface area contributed by atoms with E-state index in [1.165, 1.54) is 34.5 Å². The SMILES string of the molecule is CCSc1cc(C(F)(F)F)ccc1-c1cn2cc(C(F)(F)F)ccc2n1. The van der Waals surface area contributed by atoms with Crippen molar-refractivity contribution in [2.75, 3.05) is 5.75 Å². The molecule has 2 heterocycles. The molecule has 0 amide bonds. The molecule has 0 aliphatic rings. The van der Waals surface area contributed by atoms with Crippen LogP contribution in [0.3, 0.4) is 0 Å². The molecule has 1 aromatic carbocycles. The van der Waals surface area contributed by atoms with Crippen LogP contribution in [-0.4, -0.2) is 15.1 Å². The van der Waals surface area contributed by atoms with Crippen molar-refractivity contribution >= 4 is 17.4 Å². The summed E-state index contributed by atoms with van der Waals surface area (Å²) in [5, 5.41) is 0. The third-order valence-electron chi connectivity index (χ3n) is 3.66. The van der Waals surface area contributed by atoms with Crippen LogP contribution in [0.15, 0.2) is 47.6 Å². The van der Waals surface area contributed by atoms with Gasteiger partial charge in [0.1, 0.15) is 5.65 Å². The average Bonchev–Trinajstić information content (AvgIpc) is 2.96. The van der Waals surface area contributed by atoms with Crippen LogP contribution in [0.1, 0.15) is 18.1 Å². The normalized spacial score (nSPS) is 12.7. The molecule has 0 aliphatic heterocycles. The molecular formula is C17H12F6N2S. The fraction of sp³-hybridized carbons (Fsp3) is 0.235. The number of halogens is 6. The molecule has 138 valence electrons. The number of nitrogens with zero attached hydrogens (tertiary/aromatic N) is 2. The molecule has 0 atom stereocenters. The summed E-state index contributed by atoms with van der Waals surface area (Å²) in [5.41, 5.74) is -0.568. The zero-order valence-corrected chi connectivity index (χ0v) is 14.1. The molecule has 0 N–H and O–H groups in total. The number of hydrogen-bond acceptors (Lipinski definition) is 2. The van der Waals surface area contributed by atoms with E-state index >= 15 is 0 Å². The summed E-state index contributed by atoms with van der Waals surface area (Å²) in [6.45, 7) is 1.80. The molecule has 0 saturated heterocycles. The van der Waals surface area contributed by atoms with Crippen LogP contribution in [0.4, 0.5) is 26.3 Å². The minimum absolute atomic E-state index is 0.278. The molecule has 0 bridgehead atoms. The van der Waals surface area contributed by atoms with E-state index in [0.717, 1.165) is 24.4 Å². The van der Waals surface area contributed by atoms with Crippen LogP contribution in [0, 0.1) is 0 Å². The number of fused-ring (bicyclic) bond motifs is 1. The summed E-state index contributed by atoms with van der Waals surface area (Å²) >= 11 is 1.22. The van der Waals surface area contributed by atoms with Gasteiger partial charge in [-0.25, -0.2) is 4.98 Å². The van der Waals surface area contributed by atoms with Crippen LogP contribution in [0.5, 0.6) is 0 Å². The Labute approximate surface area is 148 Å². The number of pyridine rings is 1. The lowest BCUT2D eigenvalue weighted by Crippen LogP contribution is -2.05. The van der Waals surface area contributed by atoms with Crippen LogP contribution in [0.25, 0.3) is 16.9 Å². The first kappa shape index (κ1) is 18.6. The van der Waals surface area contributed by atoms with Crippen LogP contribution >= 0.6 is 11.8 Å². The molecule has 3 rings (SSSR count). The Balaban J connectivity index is 2.10. The maximum atomic E-state index is 12.9. The Kier molecular flexibility index (Phi) is 4.68. The van der Waals surface area contributed by atoms with Crippen molar-refractivity contribution in [1.29, 1.82) is 0 Å². The minimum Gasteiger partial charge on any atom is -0.306 e. The van der Waals surface area contributed by atoms with Gasteiger partial charge in [-0.2, -0.15) is 26.3 Å². The molecule has 2 aromatic heterocycles. The van der Waals surface area contributed by atoms with Gasteiger partial charge in [-0.05, 0) is 30.0 Å². The summed E-state index contributed by atoms with van der Waals surface area (Å²) in [7, 11) is 0. The minimum atomic E-state index is -4.49. The molecule has 0 unspecified atom stereocenters. The van der Waals surface area contributed by atoms with E-state index in [2.05, 4.69) is 4.98 Å². The van der Waals surface area contributed by atoms with Gasteiger partial charge in [-0.15, -0.1) is 11.8 Å². The molecule has 9 heteroatoms. The number of benzene rings is 1. The molecule has 0 fully saturated rings. The van der Waals surface area contributed by atoms with E-state index in [9.17, 15) is 26.3 Å². The van der Waals surface area contributed by atoms with Gasteiger partial charge in [-0.1, -0.05) is 13.0 Å². The molecule has 26 heavy (non-hydrogen) atoms. The van der Waals surface area contributed by atoms with Gasteiger partial charge in [0, 0.05) is 22.9 Å². The van der Waals surface area contributed by atoms with Gasteiger partial charge in [0.15, 0.2) is 0 Å². The summed E-state index contributed by atoms with van der Waals surface area (Å²) in [6, 6.07) is 5.42. The van der Waals surface area contributed by atoms with Crippen molar-refractivity contribution < 1.29 is 26.3 Å². The van der Waals surface area contributed by atoms with E-state index in [4.69, 9.17) is 0 Å². The first-order valence-electron chi connectivity index (χ1n) is 7.50. The lowest BCUT2D eigenvalue weighted by Gasteiger charge is -2.11. The van der Waals surface area contributed by atoms with E-state index in [0.29, 0.717) is 21.9 Å². The van der Waals surface area contributed by atoms with Crippen LogP contribution < -0.4 is 0 Å². The number of hydrogen-bond donors (Lipinski definition) is 0. The van der Waals surface area contributed by atoms with E-state index in [1.807, 2.05) is 0 Å². The zero-order chi connectivity index (χ0) is 19.1. The quantitative estimate of drug-likeness (QED) is 0.394. The Hall–Kier alpha value is -2.16. The average molecular weight is 390 g/mol. The number of thioether (sulfide) groups is 1. The highest BCUT2D eigenvalue weighted by molar-refractivity contribution is 7.99. The van der Waals surface area contributed by atoms with Gasteiger partial charge in [-0.3, -0.25) is 0 Å². The Morgan fingerprint density at radius 3 is 2.19 bits per heavy atom. The van der Waals surface area contributed by atoms with E-state index in [-0.39, 0.29) is 5.65 Å². The first-order chi connectivity index (χ1) is 12.1. The van der Waals surface area contributed by atoms with Gasteiger partial charge in [0.25, 0.3) is 0 Å². The zero-order valence-electron chi connectivity index (χ0n) is 13.3. The number of alkyl halides is 6. The molecular weight excluding hydrogens is 378 g/mol. The van der Waals surface area contributed by atoms with Crippen molar-refractivity contribution in [3.63, 3.8) is 0 Å². The Morgan fingerprint density at radius 2 is 1.58 bits per heavy atom. The summed E-state index contributed by atoms with van der Waals surface area (Å²) in [6.07, 6.45) is -6.67. The smallest absolute Gasteiger partial charge is 0.306 e. The van der Waals surface area contributed by atoms with Crippen molar-refractivity contribution in [2.24, 2.45) is 0 Å². The Bertz CT molecular complexity index is 943. The van der Waals surface area contributed by atoms with Crippen LogP contribution in [-0.2, 0) is 12.4 Å². The van der Waals surface area contributed by atoms with Gasteiger partial charge in [0.2, 0.25) is 0 Å². The van der Waals surface area contributed by atoms with Crippen molar-refractivity contribution in [3.05, 3.63) is 53.9 Å². The summed E-state index contributed by atoms with van der Waals surface area (Å²) in [5.74, 6) is 0.542. The molecule has 0 aliphatic carbocycles. The Morgan fingerprint density at radius 1 is 0.923 bits per heavy atom. The maximum absolute atomic E-state index is 12.9. The predicted octanol–water partition coefficient (Wildman–Crippen LogP) is 6.15. The number of aromatic nitrogens is 2. The largest absolute Gasteiger partial charge is 0.417 e. The fourth-order valence-corrected chi connectivity index (χ4v) is 3.32. The van der Waals surface area contributed by atoms with Crippen LogP contribution in [0.2, 0.25) is 0 Å². The lowest BCUT2D eigenvalue weighted by molar-refractivity contribution is -0.138. The van der Waals surface area contributed by atoms with Gasteiger partial charge in [0.05, 0.1) is 16.8 Å². The second-order valence-corrected chi connectivity index (χ2v) is 6.75. The monoisotopic (exact) mass is 390 g/mol. The third kappa shape index (κ3) is 3.67. The van der Waals surface area contributed by atoms with Crippen molar-refractivity contribution in [1.82, 2.24) is 9.38 Å². The fourth-order valence-electron chi connectivity index (χ4n) is 2.47. The lowest BCUT2D eigenvalue weighted by atomic mass is 10.1. The third-order valence-corrected chi connectivity index (χ3v) is 4.60. The van der Waals surface area contributed by atoms with Crippen molar-refractivity contribution in [2.45, 2.75) is 24.2 Å². The highest BCUT2D eigenvalue weighted by Gasteiger charge is 2.32. The van der Waals surface area contributed by atoms with Crippen molar-refractivity contribution in [3.8, 4) is 11.3 Å². The topological polar surface area (TPSA) is 17.3 Å². The first-order valence-corrected chi connectivity index (χ1v) is 8.48. The molecule has 0 radical (unpaired) electrons. The maximum Gasteiger partial charge on any atom is 0.417 e. The highest BCUT2D eigenvalue weighted by Crippen LogP contribution is 2.37. The van der Waals surface area contributed by atoms with Gasteiger partial charge < -0.3 is 4.40 Å². The second-order valence-electron chi connectivity index (χ2n) is 5.45. The standard InChI is InChI=1S/C17H12F6N2S/c1-2-26-14-7-10(16(18,19)20)3-5-12(14)13-9-25-8-11(17(21,22)23)4-6-15(25)24-13/h3-9H,2H2,1H3. The molecule has 2 nitrogen and oxygen atoms in total. The molecule has 0 spiro atoms. The van der Waals surface area contributed by atoms with E-state index in [1.54, 1.807) is 6.92 Å². The summed E-state index contributed by atoms with van der Waals surface area (Å²) in [4.78, 5) is 4.62. The summed E-state index contributed by atoms with van der Waals surface area (Å²) < 4.78 is 78.5. The molecule has 0 saturated carbocycles. The second kappa shape index (κ2) is 6.53. The molecule has 3 aromatic rings. The van der Waals surface area contributed by atoms with Gasteiger partial charge >= 0.3 is 12.4 Å². The number of rotatable bonds is 3. The predicted molar refractivity (Wildman–Crippen MR) is 87.0 cm³/mol. The number of imidazole rings is 1. The van der Waals surface area contributed by atoms with E-state index < -0.39 is 23.5 Å². The highest BCUT2D eigenvalue weighted by atomic mass is 32.2.